The zero-order valence-corrected chi connectivity index (χ0v) is 14.0. The van der Waals surface area contributed by atoms with Gasteiger partial charge in [-0.05, 0) is 54.9 Å². The van der Waals surface area contributed by atoms with Gasteiger partial charge in [-0.3, -0.25) is 0 Å². The minimum Gasteiger partial charge on any atom is -0.305 e. The highest BCUT2D eigenvalue weighted by molar-refractivity contribution is 9.10. The molecule has 19 heavy (non-hydrogen) atoms. The largest absolute Gasteiger partial charge is 0.305 e. The summed E-state index contributed by atoms with van der Waals surface area (Å²) in [5.41, 5.74) is 0.797. The van der Waals surface area contributed by atoms with E-state index in [2.05, 4.69) is 46.9 Å². The summed E-state index contributed by atoms with van der Waals surface area (Å²) >= 11 is 15.4. The van der Waals surface area contributed by atoms with Crippen LogP contribution in [0.4, 0.5) is 0 Å². The van der Waals surface area contributed by atoms with E-state index < -0.39 is 0 Å². The first-order valence-corrected chi connectivity index (χ1v) is 7.51. The summed E-state index contributed by atoms with van der Waals surface area (Å²) in [5, 5.41) is 9.11. The van der Waals surface area contributed by atoms with Crippen LogP contribution in [-0.4, -0.2) is 14.8 Å². The van der Waals surface area contributed by atoms with Crippen LogP contribution in [0, 0.1) is 0 Å². The number of nitrogens with zero attached hydrogens (tertiary/aromatic N) is 3. The molecular weight excluding hydrogens is 349 g/mol. The zero-order chi connectivity index (χ0) is 14.2. The molecule has 0 unspecified atom stereocenters. The summed E-state index contributed by atoms with van der Waals surface area (Å²) in [5.74, 6) is 1.87. The minimum absolute atomic E-state index is 0.151. The third kappa shape index (κ3) is 2.96. The second-order valence-electron chi connectivity index (χ2n) is 5.20. The van der Waals surface area contributed by atoms with E-state index >= 15 is 0 Å². The van der Waals surface area contributed by atoms with Crippen molar-refractivity contribution in [1.82, 2.24) is 14.8 Å². The molecule has 0 atom stereocenters. The number of halogens is 3. The van der Waals surface area contributed by atoms with E-state index in [1.165, 1.54) is 0 Å². The van der Waals surface area contributed by atoms with E-state index in [0.29, 0.717) is 10.9 Å². The van der Waals surface area contributed by atoms with Crippen LogP contribution >= 0.6 is 39.1 Å². The van der Waals surface area contributed by atoms with Gasteiger partial charge in [-0.1, -0.05) is 11.6 Å². The van der Waals surface area contributed by atoms with Crippen molar-refractivity contribution in [3.63, 3.8) is 0 Å². The molecular formula is C13H14BrCl2N3. The first-order valence-electron chi connectivity index (χ1n) is 5.80. The second kappa shape index (κ2) is 5.43. The topological polar surface area (TPSA) is 30.7 Å². The van der Waals surface area contributed by atoms with Crippen LogP contribution in [0.15, 0.2) is 22.7 Å². The predicted molar refractivity (Wildman–Crippen MR) is 82.7 cm³/mol. The fourth-order valence-corrected chi connectivity index (χ4v) is 2.99. The third-order valence-corrected chi connectivity index (χ3v) is 3.82. The van der Waals surface area contributed by atoms with Gasteiger partial charge in [0.05, 0.1) is 5.88 Å². The molecule has 1 heterocycles. The molecule has 6 heteroatoms. The number of hydrogen-bond acceptors (Lipinski definition) is 2. The Kier molecular flexibility index (Phi) is 4.23. The SMILES string of the molecule is CC(C)(C)n1c(CCl)nnc1-c1ccc(Cl)cc1Br. The summed E-state index contributed by atoms with van der Waals surface area (Å²) in [7, 11) is 0. The van der Waals surface area contributed by atoms with E-state index in [1.807, 2.05) is 22.8 Å². The van der Waals surface area contributed by atoms with Crippen molar-refractivity contribution in [2.75, 3.05) is 0 Å². The number of aromatic nitrogens is 3. The van der Waals surface area contributed by atoms with Crippen LogP contribution in [0.5, 0.6) is 0 Å². The molecule has 0 fully saturated rings. The van der Waals surface area contributed by atoms with Crippen LogP contribution < -0.4 is 0 Å². The average molecular weight is 363 g/mol. The highest BCUT2D eigenvalue weighted by atomic mass is 79.9. The molecule has 102 valence electrons. The molecule has 0 N–H and O–H groups in total. The van der Waals surface area contributed by atoms with E-state index in [-0.39, 0.29) is 5.54 Å². The van der Waals surface area contributed by atoms with Crippen molar-refractivity contribution in [2.24, 2.45) is 0 Å². The standard InChI is InChI=1S/C13H14BrCl2N3/c1-13(2,3)19-11(7-15)17-18-12(19)9-5-4-8(16)6-10(9)14/h4-6H,7H2,1-3H3. The summed E-state index contributed by atoms with van der Waals surface area (Å²) in [6.45, 7) is 6.29. The molecule has 0 radical (unpaired) electrons. The first-order chi connectivity index (χ1) is 8.84. The molecule has 1 aromatic heterocycles. The molecule has 0 aliphatic rings. The molecule has 2 aromatic rings. The smallest absolute Gasteiger partial charge is 0.165 e. The van der Waals surface area contributed by atoms with Crippen molar-refractivity contribution >= 4 is 39.1 Å². The molecule has 3 nitrogen and oxygen atoms in total. The maximum atomic E-state index is 5.97. The summed E-state index contributed by atoms with van der Waals surface area (Å²) in [4.78, 5) is 0. The monoisotopic (exact) mass is 361 g/mol. The molecule has 1 aromatic carbocycles. The molecule has 0 spiro atoms. The molecule has 0 bridgehead atoms. The number of benzene rings is 1. The Balaban J connectivity index is 2.66. The third-order valence-electron chi connectivity index (χ3n) is 2.69. The average Bonchev–Trinajstić information content (AvgIpc) is 2.72. The Morgan fingerprint density at radius 3 is 2.47 bits per heavy atom. The fourth-order valence-electron chi connectivity index (χ4n) is 1.95. The summed E-state index contributed by atoms with van der Waals surface area (Å²) < 4.78 is 2.94. The van der Waals surface area contributed by atoms with Gasteiger partial charge in [0.15, 0.2) is 5.82 Å². The summed E-state index contributed by atoms with van der Waals surface area (Å²) in [6, 6.07) is 5.61. The van der Waals surface area contributed by atoms with Crippen LogP contribution in [0.3, 0.4) is 0 Å². The molecule has 0 saturated carbocycles. The highest BCUT2D eigenvalue weighted by Gasteiger charge is 2.24. The van der Waals surface area contributed by atoms with Crippen molar-refractivity contribution in [3.8, 4) is 11.4 Å². The molecule has 0 saturated heterocycles. The van der Waals surface area contributed by atoms with Gasteiger partial charge in [-0.25, -0.2) is 0 Å². The van der Waals surface area contributed by atoms with Crippen LogP contribution in [0.2, 0.25) is 5.02 Å². The highest BCUT2D eigenvalue weighted by Crippen LogP contribution is 2.33. The van der Waals surface area contributed by atoms with E-state index in [1.54, 1.807) is 0 Å². The molecule has 2 rings (SSSR count). The van der Waals surface area contributed by atoms with Crippen molar-refractivity contribution in [1.29, 1.82) is 0 Å². The van der Waals surface area contributed by atoms with Crippen LogP contribution in [-0.2, 0) is 11.4 Å². The van der Waals surface area contributed by atoms with Gasteiger partial charge in [-0.15, -0.1) is 21.8 Å². The van der Waals surface area contributed by atoms with Crippen molar-refractivity contribution in [3.05, 3.63) is 33.5 Å². The minimum atomic E-state index is -0.151. The Labute approximate surface area is 131 Å². The molecule has 0 aliphatic carbocycles. The van der Waals surface area contributed by atoms with Gasteiger partial charge < -0.3 is 4.57 Å². The lowest BCUT2D eigenvalue weighted by Crippen LogP contribution is -2.24. The van der Waals surface area contributed by atoms with Crippen molar-refractivity contribution < 1.29 is 0 Å². The predicted octanol–water partition coefficient (Wildman–Crippen LogP) is 4.85. The quantitative estimate of drug-likeness (QED) is 0.714. The van der Waals surface area contributed by atoms with Crippen molar-refractivity contribution in [2.45, 2.75) is 32.2 Å². The molecule has 0 aliphatic heterocycles. The number of rotatable bonds is 2. The Hall–Kier alpha value is -0.580. The maximum Gasteiger partial charge on any atom is 0.165 e. The number of hydrogen-bond donors (Lipinski definition) is 0. The van der Waals surface area contributed by atoms with E-state index in [4.69, 9.17) is 23.2 Å². The Morgan fingerprint density at radius 1 is 1.26 bits per heavy atom. The van der Waals surface area contributed by atoms with Gasteiger partial charge in [0.25, 0.3) is 0 Å². The van der Waals surface area contributed by atoms with Gasteiger partial charge in [-0.2, -0.15) is 0 Å². The lowest BCUT2D eigenvalue weighted by Gasteiger charge is -2.24. The van der Waals surface area contributed by atoms with Gasteiger partial charge >= 0.3 is 0 Å². The van der Waals surface area contributed by atoms with Crippen LogP contribution in [0.25, 0.3) is 11.4 Å². The molecule has 0 amide bonds. The summed E-state index contributed by atoms with van der Waals surface area (Å²) in [6.07, 6.45) is 0. The van der Waals surface area contributed by atoms with Gasteiger partial charge in [0.2, 0.25) is 0 Å². The van der Waals surface area contributed by atoms with E-state index in [9.17, 15) is 0 Å². The van der Waals surface area contributed by atoms with Gasteiger partial charge in [0, 0.05) is 20.6 Å². The Bertz CT molecular complexity index is 602. The lowest BCUT2D eigenvalue weighted by atomic mass is 10.1. The normalized spacial score (nSPS) is 11.9. The lowest BCUT2D eigenvalue weighted by molar-refractivity contribution is 0.390. The van der Waals surface area contributed by atoms with Gasteiger partial charge in [0.1, 0.15) is 5.82 Å². The fraction of sp³-hybridized carbons (Fsp3) is 0.385. The Morgan fingerprint density at radius 2 is 1.95 bits per heavy atom. The first kappa shape index (κ1) is 14.8. The maximum absolute atomic E-state index is 5.97. The van der Waals surface area contributed by atoms with Crippen LogP contribution in [0.1, 0.15) is 26.6 Å². The zero-order valence-electron chi connectivity index (χ0n) is 10.9. The second-order valence-corrected chi connectivity index (χ2v) is 6.76. The van der Waals surface area contributed by atoms with E-state index in [0.717, 1.165) is 21.7 Å². The number of alkyl halides is 1.